The summed E-state index contributed by atoms with van der Waals surface area (Å²) < 4.78 is 8.44. The minimum atomic E-state index is 0.594. The second-order valence-corrected chi connectivity index (χ2v) is 5.01. The Morgan fingerprint density at radius 3 is 2.89 bits per heavy atom. The molecular weight excluding hydrogens is 294 g/mol. The molecule has 1 aromatic heterocycles. The third-order valence-electron chi connectivity index (χ3n) is 2.60. The van der Waals surface area contributed by atoms with Gasteiger partial charge in [0.05, 0.1) is 5.69 Å². The average molecular weight is 310 g/mol. The van der Waals surface area contributed by atoms with Crippen molar-refractivity contribution in [1.82, 2.24) is 9.78 Å². The van der Waals surface area contributed by atoms with Crippen molar-refractivity contribution in [3.05, 3.63) is 34.4 Å². The monoisotopic (exact) mass is 309 g/mol. The fourth-order valence-corrected chi connectivity index (χ4v) is 2.14. The molecule has 1 aromatic carbocycles. The number of benzene rings is 1. The van der Waals surface area contributed by atoms with Crippen LogP contribution in [0, 0.1) is 0 Å². The molecule has 0 spiro atoms. The summed E-state index contributed by atoms with van der Waals surface area (Å²) in [6.45, 7) is 2.10. The third kappa shape index (κ3) is 2.67. The van der Waals surface area contributed by atoms with E-state index >= 15 is 0 Å². The quantitative estimate of drug-likeness (QED) is 0.940. The Kier molecular flexibility index (Phi) is 3.91. The molecule has 0 amide bonds. The Hall–Kier alpha value is -1.49. The second kappa shape index (κ2) is 5.44. The molecule has 0 atom stereocenters. The van der Waals surface area contributed by atoms with Crippen LogP contribution in [-0.2, 0) is 13.5 Å². The van der Waals surface area contributed by atoms with E-state index in [0.29, 0.717) is 11.6 Å². The van der Waals surface area contributed by atoms with Gasteiger partial charge in [-0.05, 0) is 24.6 Å². The van der Waals surface area contributed by atoms with Crippen LogP contribution in [0.2, 0.25) is 0 Å². The molecule has 0 aliphatic rings. The normalized spacial score (nSPS) is 10.6. The maximum absolute atomic E-state index is 6.06. The maximum Gasteiger partial charge on any atom is 0.241 e. The Labute approximate surface area is 115 Å². The molecule has 96 valence electrons. The van der Waals surface area contributed by atoms with Gasteiger partial charge < -0.3 is 10.5 Å². The minimum absolute atomic E-state index is 0.594. The zero-order chi connectivity index (χ0) is 13.1. The van der Waals surface area contributed by atoms with Gasteiger partial charge in [-0.25, -0.2) is 4.68 Å². The maximum atomic E-state index is 6.06. The predicted octanol–water partition coefficient (Wildman–Crippen LogP) is 3.51. The minimum Gasteiger partial charge on any atom is -0.437 e. The van der Waals surface area contributed by atoms with E-state index in [9.17, 15) is 0 Å². The SMILES string of the molecule is CCCc1nn(C)c(Oc2cccc(Br)c2)c1N. The molecule has 18 heavy (non-hydrogen) atoms. The van der Waals surface area contributed by atoms with Gasteiger partial charge in [-0.15, -0.1) is 0 Å². The van der Waals surface area contributed by atoms with Gasteiger partial charge in [0.1, 0.15) is 11.4 Å². The van der Waals surface area contributed by atoms with Gasteiger partial charge in [-0.2, -0.15) is 5.10 Å². The van der Waals surface area contributed by atoms with Crippen molar-refractivity contribution < 1.29 is 4.74 Å². The molecule has 2 N–H and O–H groups in total. The van der Waals surface area contributed by atoms with Gasteiger partial charge in [0.2, 0.25) is 5.88 Å². The number of hydrogen-bond acceptors (Lipinski definition) is 3. The van der Waals surface area contributed by atoms with Gasteiger partial charge in [-0.1, -0.05) is 35.3 Å². The van der Waals surface area contributed by atoms with E-state index < -0.39 is 0 Å². The molecule has 0 saturated heterocycles. The summed E-state index contributed by atoms with van der Waals surface area (Å²) in [5, 5.41) is 4.37. The Balaban J connectivity index is 2.29. The van der Waals surface area contributed by atoms with Crippen molar-refractivity contribution in [1.29, 1.82) is 0 Å². The van der Waals surface area contributed by atoms with Crippen LogP contribution in [0.3, 0.4) is 0 Å². The molecular formula is C13H16BrN3O. The zero-order valence-corrected chi connectivity index (χ0v) is 12.1. The summed E-state index contributed by atoms with van der Waals surface area (Å²) in [6.07, 6.45) is 1.87. The van der Waals surface area contributed by atoms with Crippen molar-refractivity contribution in [2.24, 2.45) is 7.05 Å². The van der Waals surface area contributed by atoms with E-state index in [1.54, 1.807) is 4.68 Å². The van der Waals surface area contributed by atoms with Crippen LogP contribution in [0.15, 0.2) is 28.7 Å². The lowest BCUT2D eigenvalue weighted by Crippen LogP contribution is -1.96. The van der Waals surface area contributed by atoms with E-state index in [1.165, 1.54) is 0 Å². The summed E-state index contributed by atoms with van der Waals surface area (Å²) in [6, 6.07) is 7.64. The number of nitrogens with two attached hydrogens (primary N) is 1. The molecule has 0 fully saturated rings. The van der Waals surface area contributed by atoms with Crippen molar-refractivity contribution in [3.8, 4) is 11.6 Å². The van der Waals surface area contributed by atoms with E-state index in [2.05, 4.69) is 28.0 Å². The van der Waals surface area contributed by atoms with Crippen LogP contribution in [-0.4, -0.2) is 9.78 Å². The number of aryl methyl sites for hydroxylation is 2. The van der Waals surface area contributed by atoms with Crippen molar-refractivity contribution in [2.45, 2.75) is 19.8 Å². The van der Waals surface area contributed by atoms with E-state index in [1.807, 2.05) is 31.3 Å². The van der Waals surface area contributed by atoms with Gasteiger partial charge in [0.25, 0.3) is 0 Å². The number of ether oxygens (including phenoxy) is 1. The molecule has 0 saturated carbocycles. The van der Waals surface area contributed by atoms with Gasteiger partial charge in [0.15, 0.2) is 0 Å². The predicted molar refractivity (Wildman–Crippen MR) is 75.8 cm³/mol. The van der Waals surface area contributed by atoms with Gasteiger partial charge in [-0.3, -0.25) is 0 Å². The van der Waals surface area contributed by atoms with Crippen LogP contribution in [0.25, 0.3) is 0 Å². The Bertz CT molecular complexity index is 551. The standard InChI is InChI=1S/C13H16BrN3O/c1-3-5-11-12(15)13(17(2)16-11)18-10-7-4-6-9(14)8-10/h4,6-8H,3,5,15H2,1-2H3. The first-order valence-corrected chi connectivity index (χ1v) is 6.66. The van der Waals surface area contributed by atoms with Crippen molar-refractivity contribution in [3.63, 3.8) is 0 Å². The molecule has 4 nitrogen and oxygen atoms in total. The summed E-state index contributed by atoms with van der Waals surface area (Å²) in [5.41, 5.74) is 7.57. The number of aromatic nitrogens is 2. The average Bonchev–Trinajstić information content (AvgIpc) is 2.58. The molecule has 1 heterocycles. The number of halogens is 1. The first-order chi connectivity index (χ1) is 8.61. The highest BCUT2D eigenvalue weighted by Gasteiger charge is 2.14. The highest BCUT2D eigenvalue weighted by atomic mass is 79.9. The molecule has 2 aromatic rings. The smallest absolute Gasteiger partial charge is 0.241 e. The van der Waals surface area contributed by atoms with Crippen LogP contribution in [0.4, 0.5) is 5.69 Å². The molecule has 0 aliphatic heterocycles. The topological polar surface area (TPSA) is 53.1 Å². The van der Waals surface area contributed by atoms with Gasteiger partial charge in [0, 0.05) is 11.5 Å². The Morgan fingerprint density at radius 2 is 2.22 bits per heavy atom. The number of rotatable bonds is 4. The van der Waals surface area contributed by atoms with Crippen LogP contribution < -0.4 is 10.5 Å². The largest absolute Gasteiger partial charge is 0.437 e. The van der Waals surface area contributed by atoms with Crippen molar-refractivity contribution in [2.75, 3.05) is 5.73 Å². The fraction of sp³-hybridized carbons (Fsp3) is 0.308. The summed E-state index contributed by atoms with van der Waals surface area (Å²) in [5.74, 6) is 1.33. The number of nitrogens with zero attached hydrogens (tertiary/aromatic N) is 2. The van der Waals surface area contributed by atoms with Crippen LogP contribution in [0.1, 0.15) is 19.0 Å². The Morgan fingerprint density at radius 1 is 1.44 bits per heavy atom. The van der Waals surface area contributed by atoms with E-state index in [-0.39, 0.29) is 0 Å². The van der Waals surface area contributed by atoms with Gasteiger partial charge >= 0.3 is 0 Å². The first kappa shape index (κ1) is 13.0. The van der Waals surface area contributed by atoms with Crippen LogP contribution in [0.5, 0.6) is 11.6 Å². The van der Waals surface area contributed by atoms with E-state index in [0.717, 1.165) is 28.8 Å². The summed E-state index contributed by atoms with van der Waals surface area (Å²) in [7, 11) is 1.84. The molecule has 5 heteroatoms. The van der Waals surface area contributed by atoms with E-state index in [4.69, 9.17) is 10.5 Å². The second-order valence-electron chi connectivity index (χ2n) is 4.10. The summed E-state index contributed by atoms with van der Waals surface area (Å²) in [4.78, 5) is 0. The first-order valence-electron chi connectivity index (χ1n) is 5.86. The summed E-state index contributed by atoms with van der Waals surface area (Å²) >= 11 is 3.41. The molecule has 0 unspecified atom stereocenters. The van der Waals surface area contributed by atoms with Crippen LogP contribution >= 0.6 is 15.9 Å². The lowest BCUT2D eigenvalue weighted by atomic mass is 10.2. The third-order valence-corrected chi connectivity index (χ3v) is 3.10. The zero-order valence-electron chi connectivity index (χ0n) is 10.5. The number of anilines is 1. The molecule has 0 bridgehead atoms. The lowest BCUT2D eigenvalue weighted by Gasteiger charge is -2.06. The highest BCUT2D eigenvalue weighted by molar-refractivity contribution is 9.10. The lowest BCUT2D eigenvalue weighted by molar-refractivity contribution is 0.432. The number of nitrogen functional groups attached to an aromatic ring is 1. The number of hydrogen-bond donors (Lipinski definition) is 1. The molecule has 0 radical (unpaired) electrons. The fourth-order valence-electron chi connectivity index (χ4n) is 1.76. The molecule has 0 aliphatic carbocycles. The van der Waals surface area contributed by atoms with Crippen molar-refractivity contribution >= 4 is 21.6 Å². The highest BCUT2D eigenvalue weighted by Crippen LogP contribution is 2.31. The molecule has 2 rings (SSSR count).